The topological polar surface area (TPSA) is 60.9 Å². The lowest BCUT2D eigenvalue weighted by Crippen LogP contribution is -2.41. The molecule has 1 aromatic rings. The minimum Gasteiger partial charge on any atom is -0.481 e. The van der Waals surface area contributed by atoms with Gasteiger partial charge in [0, 0.05) is 26.7 Å². The number of aryl methyl sites for hydroxylation is 1. The van der Waals surface area contributed by atoms with E-state index in [1.54, 1.807) is 23.8 Å². The van der Waals surface area contributed by atoms with Crippen LogP contribution in [0.1, 0.15) is 24.5 Å². The molecule has 1 unspecified atom stereocenters. The Hall–Kier alpha value is -2.04. The van der Waals surface area contributed by atoms with Crippen molar-refractivity contribution in [1.82, 2.24) is 9.80 Å². The maximum Gasteiger partial charge on any atom is 0.320 e. The Morgan fingerprint density at radius 2 is 2.14 bits per heavy atom. The van der Waals surface area contributed by atoms with Crippen molar-refractivity contribution in [2.75, 3.05) is 20.1 Å². The quantitative estimate of drug-likeness (QED) is 0.929. The van der Waals surface area contributed by atoms with Gasteiger partial charge in [0.2, 0.25) is 0 Å². The number of carbonyl (C=O) groups is 2. The Morgan fingerprint density at radius 3 is 2.71 bits per heavy atom. The first kappa shape index (κ1) is 15.4. The van der Waals surface area contributed by atoms with Gasteiger partial charge in [0.05, 0.1) is 5.41 Å². The van der Waals surface area contributed by atoms with Crippen molar-refractivity contribution in [3.8, 4) is 0 Å². The van der Waals surface area contributed by atoms with Gasteiger partial charge in [0.25, 0.3) is 0 Å². The highest BCUT2D eigenvalue weighted by atomic mass is 16.4. The van der Waals surface area contributed by atoms with Crippen LogP contribution in [0.2, 0.25) is 0 Å². The predicted molar refractivity (Wildman–Crippen MR) is 80.0 cm³/mol. The third-order valence-electron chi connectivity index (χ3n) is 4.09. The molecule has 1 aliphatic rings. The number of rotatable bonds is 3. The average molecular weight is 290 g/mol. The third-order valence-corrected chi connectivity index (χ3v) is 4.09. The van der Waals surface area contributed by atoms with Gasteiger partial charge in [0.15, 0.2) is 0 Å². The van der Waals surface area contributed by atoms with Crippen molar-refractivity contribution >= 4 is 12.0 Å². The molecule has 2 amide bonds. The van der Waals surface area contributed by atoms with Gasteiger partial charge in [-0.2, -0.15) is 0 Å². The highest BCUT2D eigenvalue weighted by Crippen LogP contribution is 2.30. The van der Waals surface area contributed by atoms with Gasteiger partial charge in [-0.25, -0.2) is 4.79 Å². The van der Waals surface area contributed by atoms with E-state index in [9.17, 15) is 14.7 Å². The largest absolute Gasteiger partial charge is 0.481 e. The molecule has 1 aromatic carbocycles. The van der Waals surface area contributed by atoms with E-state index in [4.69, 9.17) is 0 Å². The molecule has 114 valence electrons. The van der Waals surface area contributed by atoms with Crippen LogP contribution < -0.4 is 0 Å². The molecule has 1 fully saturated rings. The number of aliphatic carboxylic acids is 1. The average Bonchev–Trinajstić information content (AvgIpc) is 2.82. The van der Waals surface area contributed by atoms with Crippen molar-refractivity contribution < 1.29 is 14.7 Å². The molecule has 1 N–H and O–H groups in total. The van der Waals surface area contributed by atoms with E-state index < -0.39 is 11.4 Å². The van der Waals surface area contributed by atoms with Crippen molar-refractivity contribution in [3.05, 3.63) is 35.4 Å². The SMILES string of the molecule is Cc1cccc(CN(C)C(=O)N2CCC(C)(C(=O)O)C2)c1. The van der Waals surface area contributed by atoms with Crippen LogP contribution in [0.15, 0.2) is 24.3 Å². The van der Waals surface area contributed by atoms with Crippen molar-refractivity contribution in [1.29, 1.82) is 0 Å². The molecule has 1 atom stereocenters. The van der Waals surface area contributed by atoms with Crippen molar-refractivity contribution in [2.45, 2.75) is 26.8 Å². The van der Waals surface area contributed by atoms with E-state index in [-0.39, 0.29) is 12.6 Å². The summed E-state index contributed by atoms with van der Waals surface area (Å²) in [4.78, 5) is 26.9. The number of amides is 2. The Labute approximate surface area is 125 Å². The fraction of sp³-hybridized carbons (Fsp3) is 0.500. The standard InChI is InChI=1S/C16H22N2O3/c1-12-5-4-6-13(9-12)10-17(3)15(21)18-8-7-16(2,11-18)14(19)20/h4-6,9H,7-8,10-11H2,1-3H3,(H,19,20). The number of carboxylic acids is 1. The maximum atomic E-state index is 12.4. The van der Waals surface area contributed by atoms with E-state index in [0.29, 0.717) is 19.5 Å². The molecular formula is C16H22N2O3. The van der Waals surface area contributed by atoms with Gasteiger partial charge in [-0.3, -0.25) is 4.79 Å². The summed E-state index contributed by atoms with van der Waals surface area (Å²) < 4.78 is 0. The van der Waals surface area contributed by atoms with Gasteiger partial charge in [-0.1, -0.05) is 29.8 Å². The summed E-state index contributed by atoms with van der Waals surface area (Å²) in [5.74, 6) is -0.834. The Balaban J connectivity index is 1.99. The van der Waals surface area contributed by atoms with Gasteiger partial charge < -0.3 is 14.9 Å². The van der Waals surface area contributed by atoms with Crippen LogP contribution in [0.4, 0.5) is 4.79 Å². The number of urea groups is 1. The lowest BCUT2D eigenvalue weighted by atomic mass is 9.90. The first-order valence-electron chi connectivity index (χ1n) is 7.11. The molecule has 0 radical (unpaired) electrons. The molecule has 0 bridgehead atoms. The lowest BCUT2D eigenvalue weighted by molar-refractivity contribution is -0.147. The van der Waals surface area contributed by atoms with Crippen LogP contribution in [-0.2, 0) is 11.3 Å². The Kier molecular flexibility index (Phi) is 4.21. The molecule has 1 saturated heterocycles. The molecule has 0 spiro atoms. The molecule has 0 aliphatic carbocycles. The first-order valence-corrected chi connectivity index (χ1v) is 7.11. The number of likely N-dealkylation sites (tertiary alicyclic amines) is 1. The predicted octanol–water partition coefficient (Wildman–Crippen LogP) is 2.34. The normalized spacial score (nSPS) is 21.4. The van der Waals surface area contributed by atoms with Gasteiger partial charge >= 0.3 is 12.0 Å². The summed E-state index contributed by atoms with van der Waals surface area (Å²) in [5.41, 5.74) is 1.42. The molecule has 1 aliphatic heterocycles. The summed E-state index contributed by atoms with van der Waals surface area (Å²) in [6, 6.07) is 7.92. The molecule has 0 saturated carbocycles. The summed E-state index contributed by atoms with van der Waals surface area (Å²) in [5, 5.41) is 9.22. The summed E-state index contributed by atoms with van der Waals surface area (Å²) in [7, 11) is 1.75. The fourth-order valence-corrected chi connectivity index (χ4v) is 2.69. The van der Waals surface area contributed by atoms with Crippen LogP contribution in [0.5, 0.6) is 0 Å². The minimum absolute atomic E-state index is 0.110. The second kappa shape index (κ2) is 5.76. The number of hydrogen-bond acceptors (Lipinski definition) is 2. The highest BCUT2D eigenvalue weighted by molar-refractivity contribution is 5.79. The fourth-order valence-electron chi connectivity index (χ4n) is 2.69. The number of hydrogen-bond donors (Lipinski definition) is 1. The minimum atomic E-state index is -0.834. The number of carboxylic acid groups (broad SMARTS) is 1. The van der Waals surface area contributed by atoms with Crippen LogP contribution in [-0.4, -0.2) is 47.0 Å². The van der Waals surface area contributed by atoms with Crippen LogP contribution in [0, 0.1) is 12.3 Å². The molecular weight excluding hydrogens is 268 g/mol. The zero-order valence-electron chi connectivity index (χ0n) is 12.8. The molecule has 5 heteroatoms. The number of nitrogens with zero attached hydrogens (tertiary/aromatic N) is 2. The molecule has 21 heavy (non-hydrogen) atoms. The van der Waals surface area contributed by atoms with E-state index >= 15 is 0 Å². The van der Waals surface area contributed by atoms with Crippen molar-refractivity contribution in [2.24, 2.45) is 5.41 Å². The monoisotopic (exact) mass is 290 g/mol. The maximum absolute atomic E-state index is 12.4. The number of carbonyl (C=O) groups excluding carboxylic acids is 1. The second-order valence-corrected chi connectivity index (χ2v) is 6.17. The molecule has 5 nitrogen and oxygen atoms in total. The summed E-state index contributed by atoms with van der Waals surface area (Å²) in [6.45, 7) is 5.02. The van der Waals surface area contributed by atoms with E-state index in [1.807, 2.05) is 25.1 Å². The third kappa shape index (κ3) is 3.35. The zero-order valence-corrected chi connectivity index (χ0v) is 12.8. The van der Waals surface area contributed by atoms with Crippen LogP contribution in [0.3, 0.4) is 0 Å². The van der Waals surface area contributed by atoms with Gasteiger partial charge in [-0.05, 0) is 25.8 Å². The highest BCUT2D eigenvalue weighted by Gasteiger charge is 2.42. The van der Waals surface area contributed by atoms with Crippen LogP contribution >= 0.6 is 0 Å². The van der Waals surface area contributed by atoms with E-state index in [2.05, 4.69) is 6.07 Å². The molecule has 1 heterocycles. The van der Waals surface area contributed by atoms with Crippen LogP contribution in [0.25, 0.3) is 0 Å². The zero-order chi connectivity index (χ0) is 15.6. The summed E-state index contributed by atoms with van der Waals surface area (Å²) >= 11 is 0. The van der Waals surface area contributed by atoms with Gasteiger partial charge in [0.1, 0.15) is 0 Å². The number of benzene rings is 1. The Morgan fingerprint density at radius 1 is 1.43 bits per heavy atom. The second-order valence-electron chi connectivity index (χ2n) is 6.17. The smallest absolute Gasteiger partial charge is 0.320 e. The first-order chi connectivity index (χ1) is 9.82. The van der Waals surface area contributed by atoms with E-state index in [0.717, 1.165) is 11.1 Å². The molecule has 0 aromatic heterocycles. The summed E-state index contributed by atoms with van der Waals surface area (Å²) in [6.07, 6.45) is 0.506. The molecule has 2 rings (SSSR count). The van der Waals surface area contributed by atoms with Gasteiger partial charge in [-0.15, -0.1) is 0 Å². The lowest BCUT2D eigenvalue weighted by Gasteiger charge is -2.26. The van der Waals surface area contributed by atoms with Crippen molar-refractivity contribution in [3.63, 3.8) is 0 Å². The van der Waals surface area contributed by atoms with E-state index in [1.165, 1.54) is 0 Å². The Bertz CT molecular complexity index is 558.